The van der Waals surface area contributed by atoms with E-state index >= 15 is 0 Å². The molecule has 0 aliphatic heterocycles. The number of ether oxygens (including phenoxy) is 1. The van der Waals surface area contributed by atoms with E-state index in [1.54, 1.807) is 19.1 Å². The number of benzene rings is 1. The second-order valence-corrected chi connectivity index (χ2v) is 5.67. The fraction of sp³-hybridized carbons (Fsp3) is 0.118. The Kier molecular flexibility index (Phi) is 5.44. The zero-order valence-electron chi connectivity index (χ0n) is 15.0. The molecule has 0 fully saturated rings. The highest BCUT2D eigenvalue weighted by Crippen LogP contribution is 2.30. The number of rotatable bonds is 7. The lowest BCUT2D eigenvalue weighted by Gasteiger charge is -2.10. The van der Waals surface area contributed by atoms with Crippen molar-refractivity contribution in [3.05, 3.63) is 74.8 Å². The first-order valence-electron chi connectivity index (χ1n) is 8.28. The molecule has 2 heterocycles. The Bertz CT molecular complexity index is 1080. The molecule has 2 aromatic heterocycles. The van der Waals surface area contributed by atoms with Crippen LogP contribution >= 0.6 is 0 Å². The fourth-order valence-corrected chi connectivity index (χ4v) is 2.54. The Hall–Kier alpha value is -4.35. The van der Waals surface area contributed by atoms with Crippen LogP contribution in [0.1, 0.15) is 17.4 Å². The molecule has 12 heteroatoms. The first-order chi connectivity index (χ1) is 13.9. The lowest BCUT2D eigenvalue weighted by molar-refractivity contribution is -0.385. The monoisotopic (exact) mass is 398 g/mol. The normalized spacial score (nSPS) is 10.4. The number of nitro groups is 2. The molecule has 0 radical (unpaired) electrons. The number of aromatic nitrogens is 3. The van der Waals surface area contributed by atoms with Crippen LogP contribution in [0.15, 0.2) is 48.9 Å². The minimum absolute atomic E-state index is 0.0289. The number of nitrogens with zero attached hydrogens (tertiary/aromatic N) is 5. The molecule has 3 rings (SSSR count). The van der Waals surface area contributed by atoms with Crippen LogP contribution in [0.2, 0.25) is 0 Å². The van der Waals surface area contributed by atoms with Crippen LogP contribution < -0.4 is 10.1 Å². The molecule has 1 N–H and O–H groups in total. The van der Waals surface area contributed by atoms with E-state index in [1.807, 2.05) is 0 Å². The summed E-state index contributed by atoms with van der Waals surface area (Å²) in [6, 6.07) is 6.89. The Morgan fingerprint density at radius 1 is 1.17 bits per heavy atom. The number of non-ortho nitro benzene ring substituents is 1. The number of anilines is 1. The summed E-state index contributed by atoms with van der Waals surface area (Å²) >= 11 is 0. The molecule has 3 aromatic rings. The molecule has 0 saturated heterocycles. The van der Waals surface area contributed by atoms with Gasteiger partial charge >= 0.3 is 5.69 Å². The van der Waals surface area contributed by atoms with Crippen LogP contribution in [-0.2, 0) is 6.54 Å². The van der Waals surface area contributed by atoms with E-state index in [0.717, 1.165) is 16.9 Å². The standard InChI is InChI=1S/C17H14N6O6/c1-2-21-16(15(10-19-21)23(27)28)17(24)20-11-6-12(22(25)26)8-14(7-11)29-13-4-3-5-18-9-13/h3-10H,2H2,1H3,(H,20,24). The number of amides is 1. The SMILES string of the molecule is CCn1ncc([N+](=O)[O-])c1C(=O)Nc1cc(Oc2cccnc2)cc([N+](=O)[O-])c1. The number of aryl methyl sites for hydroxylation is 1. The second kappa shape index (κ2) is 8.12. The maximum absolute atomic E-state index is 12.6. The van der Waals surface area contributed by atoms with Gasteiger partial charge in [0.1, 0.15) is 17.7 Å². The van der Waals surface area contributed by atoms with Gasteiger partial charge in [-0.15, -0.1) is 0 Å². The number of nitro benzene ring substituents is 1. The average molecular weight is 398 g/mol. The molecule has 12 nitrogen and oxygen atoms in total. The van der Waals surface area contributed by atoms with Crippen LogP contribution in [0.25, 0.3) is 0 Å². The van der Waals surface area contributed by atoms with E-state index in [4.69, 9.17) is 4.74 Å². The van der Waals surface area contributed by atoms with Gasteiger partial charge in [0, 0.05) is 24.9 Å². The zero-order chi connectivity index (χ0) is 21.0. The summed E-state index contributed by atoms with van der Waals surface area (Å²) in [7, 11) is 0. The van der Waals surface area contributed by atoms with Gasteiger partial charge in [-0.05, 0) is 19.1 Å². The van der Waals surface area contributed by atoms with Gasteiger partial charge in [0.15, 0.2) is 0 Å². The van der Waals surface area contributed by atoms with Gasteiger partial charge in [0.2, 0.25) is 5.69 Å². The summed E-state index contributed by atoms with van der Waals surface area (Å²) in [4.78, 5) is 37.6. The molecular weight excluding hydrogens is 384 g/mol. The van der Waals surface area contributed by atoms with Crippen LogP contribution in [0.5, 0.6) is 11.5 Å². The summed E-state index contributed by atoms with van der Waals surface area (Å²) in [5.41, 5.74) is -1.04. The van der Waals surface area contributed by atoms with Crippen molar-refractivity contribution in [1.29, 1.82) is 0 Å². The van der Waals surface area contributed by atoms with E-state index in [1.165, 1.54) is 24.5 Å². The van der Waals surface area contributed by atoms with E-state index < -0.39 is 21.4 Å². The lowest BCUT2D eigenvalue weighted by Crippen LogP contribution is -2.18. The van der Waals surface area contributed by atoms with Crippen molar-refractivity contribution >= 4 is 23.0 Å². The Balaban J connectivity index is 1.94. The smallest absolute Gasteiger partial charge is 0.320 e. The average Bonchev–Trinajstić information content (AvgIpc) is 3.13. The minimum Gasteiger partial charge on any atom is -0.455 e. The second-order valence-electron chi connectivity index (χ2n) is 5.67. The van der Waals surface area contributed by atoms with Gasteiger partial charge in [0.25, 0.3) is 11.6 Å². The van der Waals surface area contributed by atoms with E-state index in [2.05, 4.69) is 15.4 Å². The van der Waals surface area contributed by atoms with Crippen LogP contribution in [0.4, 0.5) is 17.1 Å². The maximum atomic E-state index is 12.6. The first-order valence-corrected chi connectivity index (χ1v) is 8.28. The van der Waals surface area contributed by atoms with Crippen molar-refractivity contribution in [2.24, 2.45) is 0 Å². The third-order valence-corrected chi connectivity index (χ3v) is 3.76. The van der Waals surface area contributed by atoms with Gasteiger partial charge in [-0.3, -0.25) is 34.7 Å². The summed E-state index contributed by atoms with van der Waals surface area (Å²) in [6.07, 6.45) is 3.93. The summed E-state index contributed by atoms with van der Waals surface area (Å²) < 4.78 is 6.71. The maximum Gasteiger partial charge on any atom is 0.320 e. The molecule has 0 aliphatic carbocycles. The Morgan fingerprint density at radius 3 is 2.59 bits per heavy atom. The highest BCUT2D eigenvalue weighted by atomic mass is 16.6. The number of carbonyl (C=O) groups is 1. The molecular formula is C17H14N6O6. The number of hydrogen-bond donors (Lipinski definition) is 1. The van der Waals surface area contributed by atoms with Crippen LogP contribution in [0, 0.1) is 20.2 Å². The predicted octanol–water partition coefficient (Wildman–Crippen LogP) is 3.16. The van der Waals surface area contributed by atoms with Crippen LogP contribution in [0.3, 0.4) is 0 Å². The number of hydrogen-bond acceptors (Lipinski definition) is 8. The Morgan fingerprint density at radius 2 is 1.97 bits per heavy atom. The molecule has 0 bridgehead atoms. The van der Waals surface area contributed by atoms with Gasteiger partial charge in [-0.2, -0.15) is 5.10 Å². The third kappa shape index (κ3) is 4.32. The molecule has 1 aromatic carbocycles. The first kappa shape index (κ1) is 19.4. The van der Waals surface area contributed by atoms with E-state index in [9.17, 15) is 25.0 Å². The highest BCUT2D eigenvalue weighted by molar-refractivity contribution is 6.06. The Labute approximate surface area is 163 Å². The number of pyridine rings is 1. The van der Waals surface area contributed by atoms with Gasteiger partial charge in [-0.25, -0.2) is 0 Å². The fourth-order valence-electron chi connectivity index (χ4n) is 2.54. The van der Waals surface area contributed by atoms with Crippen molar-refractivity contribution in [2.75, 3.05) is 5.32 Å². The zero-order valence-corrected chi connectivity index (χ0v) is 15.0. The van der Waals surface area contributed by atoms with E-state index in [0.29, 0.717) is 5.75 Å². The summed E-state index contributed by atoms with van der Waals surface area (Å²) in [6.45, 7) is 1.89. The largest absolute Gasteiger partial charge is 0.455 e. The van der Waals surface area contributed by atoms with Crippen molar-refractivity contribution < 1.29 is 19.4 Å². The van der Waals surface area contributed by atoms with Crippen LogP contribution in [-0.4, -0.2) is 30.5 Å². The van der Waals surface area contributed by atoms with Crippen molar-refractivity contribution in [2.45, 2.75) is 13.5 Å². The van der Waals surface area contributed by atoms with Crippen molar-refractivity contribution in [3.63, 3.8) is 0 Å². The topological polar surface area (TPSA) is 155 Å². The molecule has 0 saturated carbocycles. The summed E-state index contributed by atoms with van der Waals surface area (Å²) in [5, 5.41) is 28.6. The van der Waals surface area contributed by atoms with Gasteiger partial charge in [0.05, 0.1) is 27.8 Å². The molecule has 29 heavy (non-hydrogen) atoms. The lowest BCUT2D eigenvalue weighted by atomic mass is 10.2. The van der Waals surface area contributed by atoms with Gasteiger partial charge in [-0.1, -0.05) is 0 Å². The molecule has 0 unspecified atom stereocenters. The quantitative estimate of drug-likeness (QED) is 0.470. The van der Waals surface area contributed by atoms with Crippen molar-refractivity contribution in [1.82, 2.24) is 14.8 Å². The summed E-state index contributed by atoms with van der Waals surface area (Å²) in [5.74, 6) is -0.408. The third-order valence-electron chi connectivity index (χ3n) is 3.76. The molecule has 0 aliphatic rings. The molecule has 0 spiro atoms. The molecule has 1 amide bonds. The number of carbonyl (C=O) groups excluding carboxylic acids is 1. The van der Waals surface area contributed by atoms with E-state index in [-0.39, 0.29) is 29.4 Å². The van der Waals surface area contributed by atoms with Crippen molar-refractivity contribution in [3.8, 4) is 11.5 Å². The molecule has 0 atom stereocenters. The predicted molar refractivity (Wildman–Crippen MR) is 99.9 cm³/mol. The molecule has 148 valence electrons. The highest BCUT2D eigenvalue weighted by Gasteiger charge is 2.27. The van der Waals surface area contributed by atoms with Gasteiger partial charge < -0.3 is 10.1 Å². The minimum atomic E-state index is -0.830. The number of nitrogens with one attached hydrogen (secondary N) is 1.